The van der Waals surface area contributed by atoms with Gasteiger partial charge in [0.15, 0.2) is 0 Å². The summed E-state index contributed by atoms with van der Waals surface area (Å²) < 4.78 is 0. The number of hydrogen-bond acceptors (Lipinski definition) is 2. The van der Waals surface area contributed by atoms with Gasteiger partial charge in [0.25, 0.3) is 0 Å². The Morgan fingerprint density at radius 2 is 2.11 bits per heavy atom. The molecule has 0 bridgehead atoms. The molecule has 3 heteroatoms. The van der Waals surface area contributed by atoms with Crippen molar-refractivity contribution in [1.82, 2.24) is 10.6 Å². The Labute approximate surface area is 115 Å². The van der Waals surface area contributed by atoms with Crippen LogP contribution in [0.3, 0.4) is 0 Å². The van der Waals surface area contributed by atoms with E-state index in [9.17, 15) is 4.79 Å². The molecule has 0 spiro atoms. The van der Waals surface area contributed by atoms with Crippen molar-refractivity contribution in [2.24, 2.45) is 11.3 Å². The van der Waals surface area contributed by atoms with Gasteiger partial charge in [-0.05, 0) is 37.4 Å². The molecular formula is C16H24N2O. The summed E-state index contributed by atoms with van der Waals surface area (Å²) in [6.45, 7) is 6.77. The maximum atomic E-state index is 12.4. The standard InChI is InChI=1S/C16H24N2O/c1-16(2,14-9-6-10-17-12-14)15(19)18-11-13-7-4-3-5-8-13/h3-5,7-8,14,17H,6,9-12H2,1-2H3,(H,18,19). The second-order valence-corrected chi connectivity index (χ2v) is 5.93. The topological polar surface area (TPSA) is 41.1 Å². The van der Waals surface area contributed by atoms with Gasteiger partial charge in [0.2, 0.25) is 5.91 Å². The van der Waals surface area contributed by atoms with Crippen LogP contribution in [0.1, 0.15) is 32.3 Å². The van der Waals surface area contributed by atoms with Crippen molar-refractivity contribution in [1.29, 1.82) is 0 Å². The molecule has 1 heterocycles. The minimum Gasteiger partial charge on any atom is -0.352 e. The third-order valence-corrected chi connectivity index (χ3v) is 4.20. The fourth-order valence-corrected chi connectivity index (χ4v) is 2.66. The lowest BCUT2D eigenvalue weighted by Crippen LogP contribution is -2.47. The van der Waals surface area contributed by atoms with E-state index in [4.69, 9.17) is 0 Å². The van der Waals surface area contributed by atoms with Crippen LogP contribution in [0.25, 0.3) is 0 Å². The van der Waals surface area contributed by atoms with Crippen LogP contribution in [0.5, 0.6) is 0 Å². The van der Waals surface area contributed by atoms with Gasteiger partial charge in [0.1, 0.15) is 0 Å². The first-order valence-electron chi connectivity index (χ1n) is 7.13. The predicted octanol–water partition coefficient (Wildman–Crippen LogP) is 2.33. The van der Waals surface area contributed by atoms with Crippen LogP contribution in [0, 0.1) is 11.3 Å². The van der Waals surface area contributed by atoms with Gasteiger partial charge in [-0.3, -0.25) is 4.79 Å². The molecule has 1 aliphatic rings. The van der Waals surface area contributed by atoms with E-state index in [2.05, 4.69) is 24.5 Å². The number of carbonyl (C=O) groups excluding carboxylic acids is 1. The van der Waals surface area contributed by atoms with Gasteiger partial charge in [-0.25, -0.2) is 0 Å². The van der Waals surface area contributed by atoms with E-state index in [1.165, 1.54) is 6.42 Å². The molecule has 1 fully saturated rings. The fourth-order valence-electron chi connectivity index (χ4n) is 2.66. The first-order chi connectivity index (χ1) is 9.10. The summed E-state index contributed by atoms with van der Waals surface area (Å²) in [6, 6.07) is 10.1. The molecule has 1 aliphatic heterocycles. The molecule has 1 saturated heterocycles. The smallest absolute Gasteiger partial charge is 0.226 e. The van der Waals surface area contributed by atoms with Crippen molar-refractivity contribution in [2.45, 2.75) is 33.2 Å². The van der Waals surface area contributed by atoms with Crippen LogP contribution in [0.2, 0.25) is 0 Å². The zero-order chi connectivity index (χ0) is 13.7. The summed E-state index contributed by atoms with van der Waals surface area (Å²) in [4.78, 5) is 12.4. The summed E-state index contributed by atoms with van der Waals surface area (Å²) in [7, 11) is 0. The minimum atomic E-state index is -0.303. The van der Waals surface area contributed by atoms with Gasteiger partial charge in [0, 0.05) is 12.0 Å². The number of rotatable bonds is 4. The SMILES string of the molecule is CC(C)(C(=O)NCc1ccccc1)C1CCCNC1. The molecule has 0 radical (unpaired) electrons. The third kappa shape index (κ3) is 3.57. The van der Waals surface area contributed by atoms with Gasteiger partial charge in [-0.15, -0.1) is 0 Å². The average molecular weight is 260 g/mol. The molecule has 1 unspecified atom stereocenters. The van der Waals surface area contributed by atoms with Gasteiger partial charge in [-0.1, -0.05) is 44.2 Å². The summed E-state index contributed by atoms with van der Waals surface area (Å²) in [5, 5.41) is 6.46. The monoisotopic (exact) mass is 260 g/mol. The molecule has 104 valence electrons. The summed E-state index contributed by atoms with van der Waals surface area (Å²) in [6.07, 6.45) is 2.30. The fraction of sp³-hybridized carbons (Fsp3) is 0.562. The van der Waals surface area contributed by atoms with Gasteiger partial charge >= 0.3 is 0 Å². The maximum Gasteiger partial charge on any atom is 0.226 e. The number of amides is 1. The van der Waals surface area contributed by atoms with Gasteiger partial charge in [-0.2, -0.15) is 0 Å². The van der Waals surface area contributed by atoms with Crippen LogP contribution in [-0.2, 0) is 11.3 Å². The van der Waals surface area contributed by atoms with Crippen LogP contribution >= 0.6 is 0 Å². The molecule has 19 heavy (non-hydrogen) atoms. The van der Waals surface area contributed by atoms with Crippen LogP contribution < -0.4 is 10.6 Å². The molecule has 1 amide bonds. The number of hydrogen-bond donors (Lipinski definition) is 2. The van der Waals surface area contributed by atoms with Crippen LogP contribution in [0.4, 0.5) is 0 Å². The summed E-state index contributed by atoms with van der Waals surface area (Å²) >= 11 is 0. The Kier molecular flexibility index (Phi) is 4.59. The predicted molar refractivity (Wildman–Crippen MR) is 77.7 cm³/mol. The zero-order valence-corrected chi connectivity index (χ0v) is 11.9. The Morgan fingerprint density at radius 3 is 2.74 bits per heavy atom. The average Bonchev–Trinajstić information content (AvgIpc) is 2.46. The highest BCUT2D eigenvalue weighted by Crippen LogP contribution is 2.31. The van der Waals surface area contributed by atoms with Gasteiger partial charge < -0.3 is 10.6 Å². The largest absolute Gasteiger partial charge is 0.352 e. The first kappa shape index (κ1) is 14.1. The second-order valence-electron chi connectivity index (χ2n) is 5.93. The van der Waals surface area contributed by atoms with E-state index >= 15 is 0 Å². The minimum absolute atomic E-state index is 0.157. The third-order valence-electron chi connectivity index (χ3n) is 4.20. The Bertz CT molecular complexity index is 408. The summed E-state index contributed by atoms with van der Waals surface area (Å²) in [5.74, 6) is 0.585. The van der Waals surface area contributed by atoms with Crippen molar-refractivity contribution >= 4 is 5.91 Å². The molecule has 2 rings (SSSR count). The number of carbonyl (C=O) groups is 1. The maximum absolute atomic E-state index is 12.4. The molecule has 3 nitrogen and oxygen atoms in total. The lowest BCUT2D eigenvalue weighted by Gasteiger charge is -2.36. The quantitative estimate of drug-likeness (QED) is 0.872. The molecule has 2 N–H and O–H groups in total. The Morgan fingerprint density at radius 1 is 1.37 bits per heavy atom. The van der Waals surface area contributed by atoms with E-state index in [-0.39, 0.29) is 11.3 Å². The molecule has 0 saturated carbocycles. The highest BCUT2D eigenvalue weighted by molar-refractivity contribution is 5.82. The molecule has 1 aromatic rings. The van der Waals surface area contributed by atoms with E-state index in [1.807, 2.05) is 30.3 Å². The normalized spacial score (nSPS) is 20.0. The van der Waals surface area contributed by atoms with Gasteiger partial charge in [0.05, 0.1) is 0 Å². The van der Waals surface area contributed by atoms with Crippen molar-refractivity contribution < 1.29 is 4.79 Å². The van der Waals surface area contributed by atoms with E-state index in [0.717, 1.165) is 25.1 Å². The van der Waals surface area contributed by atoms with Crippen molar-refractivity contribution in [2.75, 3.05) is 13.1 Å². The summed E-state index contributed by atoms with van der Waals surface area (Å²) in [5.41, 5.74) is 0.843. The molecule has 0 aromatic heterocycles. The zero-order valence-electron chi connectivity index (χ0n) is 11.9. The van der Waals surface area contributed by atoms with Crippen molar-refractivity contribution in [3.63, 3.8) is 0 Å². The van der Waals surface area contributed by atoms with Crippen LogP contribution in [0.15, 0.2) is 30.3 Å². The molecule has 0 aliphatic carbocycles. The Hall–Kier alpha value is -1.35. The molecular weight excluding hydrogens is 236 g/mol. The number of benzene rings is 1. The van der Waals surface area contributed by atoms with Crippen LogP contribution in [-0.4, -0.2) is 19.0 Å². The Balaban J connectivity index is 1.90. The number of piperidine rings is 1. The van der Waals surface area contributed by atoms with E-state index in [1.54, 1.807) is 0 Å². The van der Waals surface area contributed by atoms with E-state index in [0.29, 0.717) is 12.5 Å². The lowest BCUT2D eigenvalue weighted by molar-refractivity contribution is -0.132. The van der Waals surface area contributed by atoms with E-state index < -0.39 is 0 Å². The van der Waals surface area contributed by atoms with Crippen molar-refractivity contribution in [3.8, 4) is 0 Å². The highest BCUT2D eigenvalue weighted by atomic mass is 16.2. The first-order valence-corrected chi connectivity index (χ1v) is 7.13. The number of nitrogens with one attached hydrogen (secondary N) is 2. The molecule has 1 aromatic carbocycles. The van der Waals surface area contributed by atoms with Crippen molar-refractivity contribution in [3.05, 3.63) is 35.9 Å². The highest BCUT2D eigenvalue weighted by Gasteiger charge is 2.36. The lowest BCUT2D eigenvalue weighted by atomic mass is 9.74. The molecule has 1 atom stereocenters. The second kappa shape index (κ2) is 6.20.